The SMILES string of the molecule is C=C1C=CC(=O)N1CCCC(=O)CCCCC(=O)NC(C)C(=O)CC(C)C(=O)Nc1cc(COc2cc3c(cc2C)C(=O)N2c4ccccc4C[C@H]2[CH-]N3C)cc(COc2cc3c(cc2OC)C(=O)N2c4ccccc4C[C@H]2[CH-]N3C)c1.[Y].[Y]. The maximum atomic E-state index is 14.3. The molecule has 5 aliphatic rings. The third-order valence-corrected chi connectivity index (χ3v) is 16.0. The standard InChI is InChI=1S/C65H69N7O10.2Y/c1-39-25-51-55(68(5)35-48-30-45-15-8-11-19-53(45)71(48)64(51)78)33-58(39)81-37-43-27-44(38-82-60-34-56-52(32-59(60)80-7)65(79)72-49(36-69(56)6)31-46-16-9-12-20-54(46)72)29-47(28-43)67-63(77)40(2)26-57(74)42(4)66-61(75)21-13-10-17-50(73)18-14-24-70-41(3)22-23-62(70)76;;/h8-9,11-12,15-16,19-20,22-23,25,27-29,32-36,40,42,48-49H,3,10,13-14,17-18,21,24,26,30-31,37-38H2,1-2,4-7H3,(H,66,75)(H,67,77);;/q-2;;/t40?,42?,48-,49-;;/m0../s1. The molecule has 0 spiro atoms. The fourth-order valence-corrected chi connectivity index (χ4v) is 11.6. The van der Waals surface area contributed by atoms with E-state index < -0.39 is 17.9 Å². The summed E-state index contributed by atoms with van der Waals surface area (Å²) in [6, 6.07) is 27.6. The predicted octanol–water partition coefficient (Wildman–Crippen LogP) is 9.38. The topological polar surface area (TPSA) is 187 Å². The first-order chi connectivity index (χ1) is 39.4. The number of likely N-dealkylation sites (N-methyl/N-ethyl adjacent to an activating group) is 2. The first-order valence-corrected chi connectivity index (χ1v) is 28.0. The van der Waals surface area contributed by atoms with Gasteiger partial charge in [0.25, 0.3) is 17.7 Å². The Morgan fingerprint density at radius 2 is 1.23 bits per heavy atom. The summed E-state index contributed by atoms with van der Waals surface area (Å²) in [5.41, 5.74) is 9.60. The Bertz CT molecular complexity index is 3420. The summed E-state index contributed by atoms with van der Waals surface area (Å²) in [5.74, 6) is -0.785. The predicted molar refractivity (Wildman–Crippen MR) is 314 cm³/mol. The van der Waals surface area contributed by atoms with Crippen LogP contribution in [0.3, 0.4) is 0 Å². The number of carbonyl (C=O) groups is 7. The van der Waals surface area contributed by atoms with E-state index in [0.717, 1.165) is 28.1 Å². The summed E-state index contributed by atoms with van der Waals surface area (Å²) in [5, 5.41) is 5.76. The minimum atomic E-state index is -0.845. The second-order valence-electron chi connectivity index (χ2n) is 22.0. The van der Waals surface area contributed by atoms with Crippen molar-refractivity contribution in [3.63, 3.8) is 0 Å². The Kier molecular flexibility index (Phi) is 20.9. The Labute approximate surface area is 541 Å². The van der Waals surface area contributed by atoms with E-state index in [2.05, 4.69) is 29.8 Å². The zero-order valence-electron chi connectivity index (χ0n) is 48.4. The van der Waals surface area contributed by atoms with Crippen LogP contribution in [0.1, 0.15) is 107 Å². The third kappa shape index (κ3) is 13.9. The van der Waals surface area contributed by atoms with Gasteiger partial charge in [-0.1, -0.05) is 62.0 Å². The van der Waals surface area contributed by atoms with Crippen molar-refractivity contribution in [1.82, 2.24) is 10.2 Å². The maximum absolute atomic E-state index is 14.3. The number of carbonyl (C=O) groups excluding carboxylic acids is 7. The maximum Gasteiger partial charge on any atom is 0.258 e. The second-order valence-corrected chi connectivity index (χ2v) is 22.0. The molecule has 2 unspecified atom stereocenters. The fourth-order valence-electron chi connectivity index (χ4n) is 11.6. The van der Waals surface area contributed by atoms with Gasteiger partial charge in [0, 0.05) is 156 Å². The molecule has 0 saturated heterocycles. The minimum Gasteiger partial charge on any atom is -0.522 e. The van der Waals surface area contributed by atoms with Gasteiger partial charge in [-0.2, -0.15) is 0 Å². The number of unbranched alkanes of at least 4 members (excludes halogenated alkanes) is 1. The molecular formula is C65H69N7O10Y2-2. The number of benzene rings is 5. The number of Topliss-reactive ketones (excluding diaryl/α,β-unsaturated/α-hetero) is 2. The van der Waals surface area contributed by atoms with Crippen molar-refractivity contribution < 1.29 is 113 Å². The van der Waals surface area contributed by atoms with Gasteiger partial charge in [0.1, 0.15) is 24.7 Å². The molecule has 0 saturated carbocycles. The second kappa shape index (κ2) is 27.7. The minimum absolute atomic E-state index is 0. The van der Waals surface area contributed by atoms with Gasteiger partial charge in [0.15, 0.2) is 17.3 Å². The van der Waals surface area contributed by atoms with E-state index in [-0.39, 0.29) is 139 Å². The number of hydrogen-bond acceptors (Lipinski definition) is 12. The van der Waals surface area contributed by atoms with Crippen molar-refractivity contribution in [1.29, 1.82) is 0 Å². The number of ether oxygens (including phenoxy) is 3. The van der Waals surface area contributed by atoms with Crippen molar-refractivity contribution in [2.24, 2.45) is 5.92 Å². The molecule has 0 bridgehead atoms. The van der Waals surface area contributed by atoms with Crippen molar-refractivity contribution in [3.8, 4) is 17.2 Å². The first-order valence-electron chi connectivity index (χ1n) is 28.0. The number of fused-ring (bicyclic) bond motifs is 8. The van der Waals surface area contributed by atoms with E-state index in [1.54, 1.807) is 43.0 Å². The number of ketones is 2. The van der Waals surface area contributed by atoms with E-state index in [0.29, 0.717) is 114 Å². The molecule has 4 atom stereocenters. The van der Waals surface area contributed by atoms with Gasteiger partial charge in [-0.05, 0) is 136 Å². The molecule has 5 aromatic rings. The Morgan fingerprint density at radius 1 is 0.679 bits per heavy atom. The summed E-state index contributed by atoms with van der Waals surface area (Å²) >= 11 is 0. The van der Waals surface area contributed by atoms with Gasteiger partial charge >= 0.3 is 0 Å². The number of allylic oxidation sites excluding steroid dienone is 1. The number of hydrogen-bond donors (Lipinski definition) is 2. The van der Waals surface area contributed by atoms with Crippen LogP contribution in [0.5, 0.6) is 17.2 Å². The summed E-state index contributed by atoms with van der Waals surface area (Å²) in [4.78, 5) is 102. The number of nitrogens with one attached hydrogen (secondary N) is 2. The Balaban J connectivity index is 0.00000460. The molecule has 5 amide bonds. The normalized spacial score (nSPS) is 17.0. The molecule has 2 radical (unpaired) electrons. The van der Waals surface area contributed by atoms with E-state index in [1.807, 2.05) is 114 Å². The van der Waals surface area contributed by atoms with Crippen molar-refractivity contribution in [2.45, 2.75) is 110 Å². The summed E-state index contributed by atoms with van der Waals surface area (Å²) in [7, 11) is 5.38. The monoisotopic (exact) mass is 1290 g/mol. The van der Waals surface area contributed by atoms with Crippen LogP contribution in [-0.4, -0.2) is 91.9 Å². The number of para-hydroxylation sites is 2. The van der Waals surface area contributed by atoms with Gasteiger partial charge in [-0.25, -0.2) is 13.1 Å². The van der Waals surface area contributed by atoms with Crippen LogP contribution in [-0.2, 0) is 115 Å². The smallest absolute Gasteiger partial charge is 0.258 e. The number of nitrogens with zero attached hydrogens (tertiary/aromatic N) is 5. The Morgan fingerprint density at radius 3 is 1.81 bits per heavy atom. The fraction of sp³-hybridized carbons (Fsp3) is 0.338. The number of anilines is 5. The first kappa shape index (κ1) is 63.5. The number of amides is 5. The van der Waals surface area contributed by atoms with Crippen LogP contribution in [0.25, 0.3) is 0 Å². The molecule has 84 heavy (non-hydrogen) atoms. The van der Waals surface area contributed by atoms with E-state index in [9.17, 15) is 33.6 Å². The summed E-state index contributed by atoms with van der Waals surface area (Å²) in [6.07, 6.45) is 6.67. The van der Waals surface area contributed by atoms with Gasteiger partial charge < -0.3 is 49.3 Å². The van der Waals surface area contributed by atoms with Crippen LogP contribution in [0, 0.1) is 25.9 Å². The van der Waals surface area contributed by atoms with Gasteiger partial charge in [0.05, 0.1) is 24.3 Å². The van der Waals surface area contributed by atoms with Crippen LogP contribution in [0.4, 0.5) is 28.4 Å². The molecule has 2 N–H and O–H groups in total. The molecule has 5 aliphatic heterocycles. The van der Waals surface area contributed by atoms with E-state index >= 15 is 0 Å². The van der Waals surface area contributed by atoms with Crippen LogP contribution in [0.2, 0.25) is 0 Å². The van der Waals surface area contributed by atoms with Crippen molar-refractivity contribution in [3.05, 3.63) is 167 Å². The van der Waals surface area contributed by atoms with Crippen molar-refractivity contribution >= 4 is 69.5 Å². The average Bonchev–Trinajstić information content (AvgIpc) is 2.57. The largest absolute Gasteiger partial charge is 0.522 e. The molecule has 5 aromatic carbocycles. The number of rotatable bonds is 22. The molecule has 0 aliphatic carbocycles. The molecular weight excluding hydrogens is 1220 g/mol. The van der Waals surface area contributed by atoms with Gasteiger partial charge in [-0.3, -0.25) is 33.6 Å². The molecule has 0 fully saturated rings. The summed E-state index contributed by atoms with van der Waals surface area (Å²) in [6.45, 7) is 13.6. The quantitative estimate of drug-likeness (QED) is 0.0495. The van der Waals surface area contributed by atoms with Gasteiger partial charge in [-0.15, -0.1) is 0 Å². The molecule has 432 valence electrons. The van der Waals surface area contributed by atoms with Crippen LogP contribution >= 0.6 is 0 Å². The molecule has 17 nitrogen and oxygen atoms in total. The van der Waals surface area contributed by atoms with Gasteiger partial charge in [0.2, 0.25) is 11.8 Å². The van der Waals surface area contributed by atoms with E-state index in [1.165, 1.54) is 13.2 Å². The van der Waals surface area contributed by atoms with Crippen LogP contribution < -0.4 is 44.4 Å². The molecule has 19 heteroatoms. The third-order valence-electron chi connectivity index (χ3n) is 16.0. The molecule has 10 rings (SSSR count). The molecule has 5 heterocycles. The van der Waals surface area contributed by atoms with Crippen molar-refractivity contribution in [2.75, 3.05) is 52.7 Å². The van der Waals surface area contributed by atoms with Crippen LogP contribution in [0.15, 0.2) is 115 Å². The average molecular weight is 1290 g/mol. The van der Waals surface area contributed by atoms with E-state index in [4.69, 9.17) is 14.2 Å². The Hall–Kier alpha value is -6.52. The number of methoxy groups -OCH3 is 1. The molecule has 0 aromatic heterocycles. The summed E-state index contributed by atoms with van der Waals surface area (Å²) < 4.78 is 19.0. The number of aryl methyl sites for hydroxylation is 1. The zero-order valence-corrected chi connectivity index (χ0v) is 54.1. The zero-order chi connectivity index (χ0) is 57.9.